The Balaban J connectivity index is 2.20. The SMILES string of the molecule is CCc1ccccc1C1(Cl)N=C(Cl)N=C1c1ccccc1Cl. The number of nitrogens with zero attached hydrogens (tertiary/aromatic N) is 2. The molecule has 3 rings (SSSR count). The third-order valence-electron chi connectivity index (χ3n) is 3.65. The van der Waals surface area contributed by atoms with Crippen molar-refractivity contribution in [1.82, 2.24) is 0 Å². The van der Waals surface area contributed by atoms with Gasteiger partial charge in [0.25, 0.3) is 0 Å². The standard InChI is InChI=1S/C17H13Cl3N2/c1-2-11-7-3-5-9-13(11)17(20)15(21-16(19)22-17)12-8-4-6-10-14(12)18/h3-10H,2H2,1H3. The lowest BCUT2D eigenvalue weighted by Crippen LogP contribution is -2.27. The van der Waals surface area contributed by atoms with Gasteiger partial charge in [0.2, 0.25) is 10.3 Å². The van der Waals surface area contributed by atoms with E-state index in [0.717, 1.165) is 23.1 Å². The summed E-state index contributed by atoms with van der Waals surface area (Å²) in [5.41, 5.74) is 3.29. The first-order valence-corrected chi connectivity index (χ1v) is 8.06. The van der Waals surface area contributed by atoms with E-state index in [2.05, 4.69) is 16.9 Å². The van der Waals surface area contributed by atoms with Gasteiger partial charge in [0.05, 0.1) is 5.71 Å². The van der Waals surface area contributed by atoms with Gasteiger partial charge in [0, 0.05) is 16.1 Å². The first-order chi connectivity index (χ1) is 10.6. The molecule has 0 radical (unpaired) electrons. The summed E-state index contributed by atoms with van der Waals surface area (Å²) in [6, 6.07) is 15.3. The highest BCUT2D eigenvalue weighted by Gasteiger charge is 2.42. The molecule has 2 nitrogen and oxygen atoms in total. The highest BCUT2D eigenvalue weighted by molar-refractivity contribution is 6.68. The quantitative estimate of drug-likeness (QED) is 0.523. The van der Waals surface area contributed by atoms with Gasteiger partial charge < -0.3 is 0 Å². The minimum Gasteiger partial charge on any atom is -0.221 e. The smallest absolute Gasteiger partial charge is 0.220 e. The van der Waals surface area contributed by atoms with Crippen molar-refractivity contribution in [3.05, 3.63) is 70.2 Å². The molecule has 1 atom stereocenters. The van der Waals surface area contributed by atoms with Crippen LogP contribution in [-0.2, 0) is 11.4 Å². The Morgan fingerprint density at radius 3 is 2.41 bits per heavy atom. The number of benzene rings is 2. The summed E-state index contributed by atoms with van der Waals surface area (Å²) < 4.78 is 0. The van der Waals surface area contributed by atoms with Crippen molar-refractivity contribution in [3.63, 3.8) is 0 Å². The lowest BCUT2D eigenvalue weighted by Gasteiger charge is -2.24. The lowest BCUT2D eigenvalue weighted by molar-refractivity contribution is 0.861. The fraction of sp³-hybridized carbons (Fsp3) is 0.176. The van der Waals surface area contributed by atoms with Crippen molar-refractivity contribution in [2.45, 2.75) is 18.3 Å². The second-order valence-electron chi connectivity index (χ2n) is 4.95. The van der Waals surface area contributed by atoms with Crippen molar-refractivity contribution >= 4 is 45.8 Å². The summed E-state index contributed by atoms with van der Waals surface area (Å²) in [6.07, 6.45) is 0.841. The van der Waals surface area contributed by atoms with Crippen LogP contribution < -0.4 is 0 Å². The monoisotopic (exact) mass is 350 g/mol. The number of rotatable bonds is 3. The van der Waals surface area contributed by atoms with Crippen molar-refractivity contribution in [2.24, 2.45) is 9.98 Å². The van der Waals surface area contributed by atoms with Gasteiger partial charge in [0.1, 0.15) is 0 Å². The fourth-order valence-electron chi connectivity index (χ4n) is 2.60. The van der Waals surface area contributed by atoms with Crippen LogP contribution in [0.2, 0.25) is 5.02 Å². The summed E-state index contributed by atoms with van der Waals surface area (Å²) in [6.45, 7) is 2.08. The van der Waals surface area contributed by atoms with Crippen molar-refractivity contribution < 1.29 is 0 Å². The number of aryl methyl sites for hydroxylation is 1. The molecule has 1 aliphatic rings. The van der Waals surface area contributed by atoms with Crippen molar-refractivity contribution in [3.8, 4) is 0 Å². The van der Waals surface area contributed by atoms with E-state index in [0.29, 0.717) is 10.7 Å². The highest BCUT2D eigenvalue weighted by Crippen LogP contribution is 2.42. The summed E-state index contributed by atoms with van der Waals surface area (Å²) in [4.78, 5) is 7.58. The molecule has 1 aliphatic heterocycles. The van der Waals surface area contributed by atoms with E-state index in [9.17, 15) is 0 Å². The maximum Gasteiger partial charge on any atom is 0.220 e. The second-order valence-corrected chi connectivity index (χ2v) is 6.25. The number of hydrogen-bond donors (Lipinski definition) is 0. The van der Waals surface area contributed by atoms with Crippen LogP contribution in [0.1, 0.15) is 23.6 Å². The Kier molecular flexibility index (Phi) is 4.26. The predicted octanol–water partition coefficient (Wildman–Crippen LogP) is 5.39. The topological polar surface area (TPSA) is 24.7 Å². The van der Waals surface area contributed by atoms with E-state index in [-0.39, 0.29) is 5.29 Å². The molecule has 2 aromatic carbocycles. The largest absolute Gasteiger partial charge is 0.221 e. The summed E-state index contributed by atoms with van der Waals surface area (Å²) in [5, 5.41) is 0.706. The molecule has 0 aromatic heterocycles. The Morgan fingerprint density at radius 2 is 1.68 bits per heavy atom. The molecule has 2 aromatic rings. The summed E-state index contributed by atoms with van der Waals surface area (Å²) >= 11 is 19.3. The number of amidine groups is 1. The molecule has 1 heterocycles. The van der Waals surface area contributed by atoms with Gasteiger partial charge >= 0.3 is 0 Å². The first kappa shape index (κ1) is 15.5. The minimum atomic E-state index is -1.14. The molecule has 5 heteroatoms. The van der Waals surface area contributed by atoms with Crippen LogP contribution in [0.3, 0.4) is 0 Å². The molecular weight excluding hydrogens is 339 g/mol. The third kappa shape index (κ3) is 2.56. The molecule has 1 unspecified atom stereocenters. The number of halogens is 3. The van der Waals surface area contributed by atoms with E-state index in [1.54, 1.807) is 6.07 Å². The zero-order chi connectivity index (χ0) is 15.7. The van der Waals surface area contributed by atoms with E-state index < -0.39 is 5.00 Å². The van der Waals surface area contributed by atoms with Gasteiger partial charge in [-0.25, -0.2) is 9.98 Å². The van der Waals surface area contributed by atoms with Gasteiger partial charge in [-0.3, -0.25) is 0 Å². The number of alkyl halides is 1. The number of hydrogen-bond acceptors (Lipinski definition) is 2. The maximum atomic E-state index is 6.89. The fourth-order valence-corrected chi connectivity index (χ4v) is 3.49. The first-order valence-electron chi connectivity index (χ1n) is 6.93. The van der Waals surface area contributed by atoms with Crippen molar-refractivity contribution in [2.75, 3.05) is 0 Å². The van der Waals surface area contributed by atoms with Crippen LogP contribution in [0.4, 0.5) is 0 Å². The van der Waals surface area contributed by atoms with Crippen molar-refractivity contribution in [1.29, 1.82) is 0 Å². The third-order valence-corrected chi connectivity index (χ3v) is 4.61. The van der Waals surface area contributed by atoms with E-state index in [1.807, 2.05) is 42.5 Å². The van der Waals surface area contributed by atoms with Crippen LogP contribution >= 0.6 is 34.8 Å². The van der Waals surface area contributed by atoms with Crippen LogP contribution in [0.15, 0.2) is 58.5 Å². The normalized spacial score (nSPS) is 20.7. The lowest BCUT2D eigenvalue weighted by atomic mass is 9.92. The maximum absolute atomic E-state index is 6.89. The molecule has 0 bridgehead atoms. The molecule has 22 heavy (non-hydrogen) atoms. The van der Waals surface area contributed by atoms with Crippen LogP contribution in [0, 0.1) is 0 Å². The molecule has 0 N–H and O–H groups in total. The average Bonchev–Trinajstić information content (AvgIpc) is 2.83. The average molecular weight is 352 g/mol. The Hall–Kier alpha value is -1.35. The van der Waals surface area contributed by atoms with Gasteiger partial charge in [0.15, 0.2) is 0 Å². The van der Waals surface area contributed by atoms with Gasteiger partial charge in [-0.05, 0) is 29.7 Å². The Bertz CT molecular complexity index is 783. The predicted molar refractivity (Wildman–Crippen MR) is 94.6 cm³/mol. The van der Waals surface area contributed by atoms with E-state index >= 15 is 0 Å². The molecule has 0 amide bonds. The second kappa shape index (κ2) is 6.04. The zero-order valence-corrected chi connectivity index (χ0v) is 14.1. The van der Waals surface area contributed by atoms with Gasteiger partial charge in [-0.1, -0.05) is 72.6 Å². The van der Waals surface area contributed by atoms with Crippen LogP contribution in [0.5, 0.6) is 0 Å². The number of aliphatic imine (C=N–C) groups is 2. The molecular formula is C17H13Cl3N2. The van der Waals surface area contributed by atoms with Gasteiger partial charge in [-0.2, -0.15) is 0 Å². The molecule has 112 valence electrons. The summed E-state index contributed by atoms with van der Waals surface area (Å²) in [5.74, 6) is 0. The molecule has 0 spiro atoms. The molecule has 0 saturated heterocycles. The Labute approximate surface area is 144 Å². The van der Waals surface area contributed by atoms with Crippen LogP contribution in [-0.4, -0.2) is 11.0 Å². The summed E-state index contributed by atoms with van der Waals surface area (Å²) in [7, 11) is 0. The van der Waals surface area contributed by atoms with E-state index in [1.165, 1.54) is 0 Å². The zero-order valence-electron chi connectivity index (χ0n) is 11.9. The molecule has 0 fully saturated rings. The van der Waals surface area contributed by atoms with Gasteiger partial charge in [-0.15, -0.1) is 0 Å². The molecule has 0 saturated carbocycles. The molecule has 0 aliphatic carbocycles. The van der Waals surface area contributed by atoms with E-state index in [4.69, 9.17) is 34.8 Å². The van der Waals surface area contributed by atoms with Crippen LogP contribution in [0.25, 0.3) is 0 Å². The minimum absolute atomic E-state index is 0.135. The highest BCUT2D eigenvalue weighted by atomic mass is 35.5. The Morgan fingerprint density at radius 1 is 1.00 bits per heavy atom.